The molecule has 0 unspecified atom stereocenters. The molecular weight excluding hydrogens is 396 g/mol. The van der Waals surface area contributed by atoms with E-state index in [1.165, 1.54) is 24.5 Å². The average Bonchev–Trinajstić information content (AvgIpc) is 3.00. The number of sulfonamides is 2. The molecule has 0 aliphatic carbocycles. The largest absolute Gasteiger partial charge is 0.269 e. The number of fused-ring (bicyclic) bond motifs is 1. The van der Waals surface area contributed by atoms with Gasteiger partial charge in [0.15, 0.2) is 0 Å². The third-order valence-corrected chi connectivity index (χ3v) is 8.09. The van der Waals surface area contributed by atoms with E-state index in [9.17, 15) is 16.8 Å². The number of hydrogen-bond acceptors (Lipinski definition) is 4. The first kappa shape index (κ1) is 19.2. The minimum absolute atomic E-state index is 0.138. The number of rotatable bonds is 5. The van der Waals surface area contributed by atoms with Crippen LogP contribution in [0.2, 0.25) is 5.02 Å². The van der Waals surface area contributed by atoms with Crippen LogP contribution in [0.5, 0.6) is 0 Å². The standard InChI is InChI=1S/C17H19ClN2O4S2/c1-19(2)26(23,24)16-7-8-17-14(11-16)9-10-20(17)25(21,22)12-13-3-5-15(18)6-4-13/h3-8,11H,9-10,12H2,1-2H3. The summed E-state index contributed by atoms with van der Waals surface area (Å²) < 4.78 is 52.6. The molecule has 3 rings (SSSR count). The van der Waals surface area contributed by atoms with E-state index in [1.807, 2.05) is 0 Å². The highest BCUT2D eigenvalue weighted by molar-refractivity contribution is 7.92. The van der Waals surface area contributed by atoms with E-state index in [0.717, 1.165) is 4.31 Å². The highest BCUT2D eigenvalue weighted by Crippen LogP contribution is 2.33. The van der Waals surface area contributed by atoms with Gasteiger partial charge in [0.25, 0.3) is 0 Å². The molecular formula is C17H19ClN2O4S2. The van der Waals surface area contributed by atoms with Crippen LogP contribution in [0.3, 0.4) is 0 Å². The lowest BCUT2D eigenvalue weighted by Gasteiger charge is -2.20. The first-order valence-electron chi connectivity index (χ1n) is 7.91. The summed E-state index contributed by atoms with van der Waals surface area (Å²) in [6.45, 7) is 0.302. The van der Waals surface area contributed by atoms with Crippen LogP contribution in [0.4, 0.5) is 5.69 Å². The third kappa shape index (κ3) is 3.59. The molecule has 0 aromatic heterocycles. The Hall–Kier alpha value is -1.61. The molecule has 0 saturated heterocycles. The van der Waals surface area contributed by atoms with Crippen LogP contribution >= 0.6 is 11.6 Å². The molecule has 0 bridgehead atoms. The molecule has 1 aliphatic rings. The predicted molar refractivity (Wildman–Crippen MR) is 102 cm³/mol. The highest BCUT2D eigenvalue weighted by atomic mass is 35.5. The van der Waals surface area contributed by atoms with Gasteiger partial charge in [-0.15, -0.1) is 0 Å². The van der Waals surface area contributed by atoms with Crippen molar-refractivity contribution in [3.05, 3.63) is 58.6 Å². The molecule has 0 radical (unpaired) electrons. The Morgan fingerprint density at radius 2 is 1.69 bits per heavy atom. The van der Waals surface area contributed by atoms with E-state index in [-0.39, 0.29) is 10.6 Å². The van der Waals surface area contributed by atoms with Crippen LogP contribution < -0.4 is 4.31 Å². The van der Waals surface area contributed by atoms with Crippen molar-refractivity contribution in [3.63, 3.8) is 0 Å². The van der Waals surface area contributed by atoms with Gasteiger partial charge in [-0.25, -0.2) is 21.1 Å². The topological polar surface area (TPSA) is 74.8 Å². The molecule has 0 N–H and O–H groups in total. The Labute approximate surface area is 159 Å². The van der Waals surface area contributed by atoms with Crippen molar-refractivity contribution in [2.45, 2.75) is 17.1 Å². The van der Waals surface area contributed by atoms with Gasteiger partial charge in [0.2, 0.25) is 20.0 Å². The van der Waals surface area contributed by atoms with Crippen LogP contribution in [0.25, 0.3) is 0 Å². The van der Waals surface area contributed by atoms with E-state index in [4.69, 9.17) is 11.6 Å². The molecule has 0 saturated carbocycles. The first-order valence-corrected chi connectivity index (χ1v) is 11.3. The fraction of sp³-hybridized carbons (Fsp3) is 0.294. The zero-order valence-electron chi connectivity index (χ0n) is 14.4. The molecule has 6 nitrogen and oxygen atoms in total. The van der Waals surface area contributed by atoms with Gasteiger partial charge in [-0.2, -0.15) is 0 Å². The van der Waals surface area contributed by atoms with Gasteiger partial charge in [-0.05, 0) is 47.9 Å². The summed E-state index contributed by atoms with van der Waals surface area (Å²) in [5, 5.41) is 0.548. The van der Waals surface area contributed by atoms with Gasteiger partial charge in [-0.3, -0.25) is 4.31 Å². The fourth-order valence-corrected chi connectivity index (χ4v) is 5.57. The maximum atomic E-state index is 12.8. The summed E-state index contributed by atoms with van der Waals surface area (Å²) in [7, 11) is -4.20. The summed E-state index contributed by atoms with van der Waals surface area (Å²) in [4.78, 5) is 0.165. The van der Waals surface area contributed by atoms with Gasteiger partial charge >= 0.3 is 0 Å². The Morgan fingerprint density at radius 3 is 2.31 bits per heavy atom. The van der Waals surface area contributed by atoms with Crippen molar-refractivity contribution in [1.82, 2.24) is 4.31 Å². The zero-order valence-corrected chi connectivity index (χ0v) is 16.8. The van der Waals surface area contributed by atoms with Crippen LogP contribution in [-0.4, -0.2) is 41.8 Å². The third-order valence-electron chi connectivity index (χ3n) is 4.28. The maximum absolute atomic E-state index is 12.8. The molecule has 2 aromatic carbocycles. The Morgan fingerprint density at radius 1 is 1.04 bits per heavy atom. The summed E-state index contributed by atoms with van der Waals surface area (Å²) in [6.07, 6.45) is 0.478. The number of benzene rings is 2. The van der Waals surface area contributed by atoms with Gasteiger partial charge < -0.3 is 0 Å². The van der Waals surface area contributed by atoms with Crippen molar-refractivity contribution in [2.75, 3.05) is 24.9 Å². The predicted octanol–water partition coefficient (Wildman–Crippen LogP) is 2.48. The summed E-state index contributed by atoms with van der Waals surface area (Å²) >= 11 is 5.84. The second kappa shape index (κ2) is 6.84. The van der Waals surface area contributed by atoms with Crippen LogP contribution in [-0.2, 0) is 32.2 Å². The summed E-state index contributed by atoms with van der Waals surface area (Å²) in [5.41, 5.74) is 1.90. The molecule has 2 aromatic rings. The Bertz CT molecular complexity index is 1030. The zero-order chi connectivity index (χ0) is 19.1. The number of nitrogens with zero attached hydrogens (tertiary/aromatic N) is 2. The highest BCUT2D eigenvalue weighted by Gasteiger charge is 2.31. The lowest BCUT2D eigenvalue weighted by atomic mass is 10.2. The molecule has 0 atom stereocenters. The molecule has 0 spiro atoms. The second-order valence-electron chi connectivity index (χ2n) is 6.28. The minimum Gasteiger partial charge on any atom is -0.269 e. The van der Waals surface area contributed by atoms with E-state index < -0.39 is 20.0 Å². The van der Waals surface area contributed by atoms with Crippen LogP contribution in [0.15, 0.2) is 47.4 Å². The summed E-state index contributed by atoms with van der Waals surface area (Å²) in [5.74, 6) is -0.138. The van der Waals surface area contributed by atoms with Crippen LogP contribution in [0.1, 0.15) is 11.1 Å². The first-order chi connectivity index (χ1) is 12.1. The number of hydrogen-bond donors (Lipinski definition) is 0. The van der Waals surface area contributed by atoms with E-state index in [2.05, 4.69) is 0 Å². The van der Waals surface area contributed by atoms with Crippen LogP contribution in [0, 0.1) is 0 Å². The fourth-order valence-electron chi connectivity index (χ4n) is 2.88. The quantitative estimate of drug-likeness (QED) is 0.753. The van der Waals surface area contributed by atoms with E-state index in [1.54, 1.807) is 36.4 Å². The average molecular weight is 415 g/mol. The van der Waals surface area contributed by atoms with E-state index in [0.29, 0.717) is 34.8 Å². The SMILES string of the molecule is CN(C)S(=O)(=O)c1ccc2c(c1)CCN2S(=O)(=O)Cc1ccc(Cl)cc1. The molecule has 0 amide bonds. The van der Waals surface area contributed by atoms with Gasteiger partial charge in [0.1, 0.15) is 0 Å². The molecule has 140 valence electrons. The van der Waals surface area contributed by atoms with Gasteiger partial charge in [0, 0.05) is 25.7 Å². The molecule has 26 heavy (non-hydrogen) atoms. The molecule has 1 heterocycles. The van der Waals surface area contributed by atoms with Crippen molar-refractivity contribution in [2.24, 2.45) is 0 Å². The number of anilines is 1. The Kier molecular flexibility index (Phi) is 5.04. The lowest BCUT2D eigenvalue weighted by molar-refractivity contribution is 0.520. The van der Waals surface area contributed by atoms with Crippen molar-refractivity contribution >= 4 is 37.3 Å². The minimum atomic E-state index is -3.57. The molecule has 1 aliphatic heterocycles. The second-order valence-corrected chi connectivity index (χ2v) is 10.8. The van der Waals surface area contributed by atoms with Crippen molar-refractivity contribution in [3.8, 4) is 0 Å². The van der Waals surface area contributed by atoms with E-state index >= 15 is 0 Å². The monoisotopic (exact) mass is 414 g/mol. The normalized spacial score (nSPS) is 14.7. The van der Waals surface area contributed by atoms with Crippen molar-refractivity contribution in [1.29, 1.82) is 0 Å². The van der Waals surface area contributed by atoms with Crippen molar-refractivity contribution < 1.29 is 16.8 Å². The number of halogens is 1. The molecule has 9 heteroatoms. The smallest absolute Gasteiger partial charge is 0.242 e. The Balaban J connectivity index is 1.90. The maximum Gasteiger partial charge on any atom is 0.242 e. The van der Waals surface area contributed by atoms with Gasteiger partial charge in [-0.1, -0.05) is 23.7 Å². The lowest BCUT2D eigenvalue weighted by Crippen LogP contribution is -2.30. The molecule has 0 fully saturated rings. The summed E-state index contributed by atoms with van der Waals surface area (Å²) in [6, 6.07) is 11.3. The van der Waals surface area contributed by atoms with Gasteiger partial charge in [0.05, 0.1) is 16.3 Å².